The molecule has 6 rings (SSSR count). The van der Waals surface area contributed by atoms with Crippen LogP contribution in [0, 0.1) is 6.92 Å². The summed E-state index contributed by atoms with van der Waals surface area (Å²) in [5, 5.41) is 13.7. The Morgan fingerprint density at radius 2 is 2.05 bits per heavy atom. The van der Waals surface area contributed by atoms with Gasteiger partial charge in [-0.3, -0.25) is 4.90 Å². The Morgan fingerprint density at radius 3 is 2.84 bits per heavy atom. The predicted octanol–water partition coefficient (Wildman–Crippen LogP) is 4.72. The van der Waals surface area contributed by atoms with E-state index in [2.05, 4.69) is 42.1 Å². The molecule has 2 aromatic heterocycles. The second-order valence-electron chi connectivity index (χ2n) is 11.3. The molecule has 1 aliphatic carbocycles. The van der Waals surface area contributed by atoms with E-state index in [0.717, 1.165) is 55.9 Å². The molecule has 43 heavy (non-hydrogen) atoms. The van der Waals surface area contributed by atoms with Gasteiger partial charge in [0.1, 0.15) is 17.9 Å². The number of carboxylic acid groups (broad SMARTS) is 1. The Labute approximate surface area is 251 Å². The van der Waals surface area contributed by atoms with Crippen LogP contribution in [0.3, 0.4) is 0 Å². The Balaban J connectivity index is 1.18. The third-order valence-electron chi connectivity index (χ3n) is 8.47. The van der Waals surface area contributed by atoms with E-state index in [1.54, 1.807) is 6.07 Å². The second-order valence-corrected chi connectivity index (χ2v) is 11.3. The SMILES string of the molecule is COc1c(C(=O)O)cnn1-c1cccc(C2=CCCC(C)=C2OCc2ccc3c(c2C)CCN(C[C@@H]2COCCO2)C3)n1. The van der Waals surface area contributed by atoms with Crippen molar-refractivity contribution in [1.82, 2.24) is 19.7 Å². The van der Waals surface area contributed by atoms with Crippen LogP contribution in [0.1, 0.15) is 58.1 Å². The number of carbonyl (C=O) groups is 1. The van der Waals surface area contributed by atoms with Crippen molar-refractivity contribution >= 4 is 11.5 Å². The predicted molar refractivity (Wildman–Crippen MR) is 160 cm³/mol. The molecule has 0 spiro atoms. The van der Waals surface area contributed by atoms with Gasteiger partial charge in [0.15, 0.2) is 5.82 Å². The molecule has 226 valence electrons. The Kier molecular flexibility index (Phi) is 8.60. The van der Waals surface area contributed by atoms with Crippen LogP contribution in [0.4, 0.5) is 0 Å². The van der Waals surface area contributed by atoms with E-state index < -0.39 is 5.97 Å². The molecule has 0 radical (unpaired) electrons. The number of pyridine rings is 1. The van der Waals surface area contributed by atoms with Gasteiger partial charge in [-0.05, 0) is 73.1 Å². The highest BCUT2D eigenvalue weighted by Crippen LogP contribution is 2.35. The van der Waals surface area contributed by atoms with Crippen molar-refractivity contribution in [2.24, 2.45) is 0 Å². The smallest absolute Gasteiger partial charge is 0.342 e. The number of allylic oxidation sites excluding steroid dienone is 3. The standard InChI is InChI=1S/C33H38N4O6/c1-21-6-4-7-27(29-8-5-9-30(35-29)37-32(40-3)28(16-34-37)33(38)39)31(21)43-19-24-11-10-23-17-36(13-12-26(23)22(24)2)18-25-20-41-14-15-42-25/h5,7-11,16,25H,4,6,12-15,17-20H2,1-3H3,(H,38,39)/t25-/m1/s1. The highest BCUT2D eigenvalue weighted by molar-refractivity contribution is 5.90. The van der Waals surface area contributed by atoms with E-state index in [4.69, 9.17) is 23.9 Å². The molecule has 1 atom stereocenters. The molecule has 0 bridgehead atoms. The fourth-order valence-corrected chi connectivity index (χ4v) is 6.17. The summed E-state index contributed by atoms with van der Waals surface area (Å²) in [6, 6.07) is 10.0. The molecule has 1 N–H and O–H groups in total. The van der Waals surface area contributed by atoms with Gasteiger partial charge in [0.05, 0.1) is 44.9 Å². The molecule has 1 fully saturated rings. The number of fused-ring (bicyclic) bond motifs is 1. The topological polar surface area (TPSA) is 108 Å². The lowest BCUT2D eigenvalue weighted by molar-refractivity contribution is -0.0985. The minimum absolute atomic E-state index is 0.0210. The Morgan fingerprint density at radius 1 is 1.16 bits per heavy atom. The van der Waals surface area contributed by atoms with Gasteiger partial charge in [0.2, 0.25) is 5.88 Å². The van der Waals surface area contributed by atoms with Gasteiger partial charge in [-0.15, -0.1) is 0 Å². The van der Waals surface area contributed by atoms with Crippen LogP contribution in [-0.4, -0.2) is 76.9 Å². The first kappa shape index (κ1) is 29.1. The average Bonchev–Trinajstić information content (AvgIpc) is 3.47. The zero-order valence-corrected chi connectivity index (χ0v) is 25.0. The lowest BCUT2D eigenvalue weighted by Gasteiger charge is -2.34. The maximum atomic E-state index is 11.6. The van der Waals surface area contributed by atoms with Crippen molar-refractivity contribution in [2.75, 3.05) is 40.0 Å². The van der Waals surface area contributed by atoms with E-state index >= 15 is 0 Å². The third kappa shape index (κ3) is 6.08. The van der Waals surface area contributed by atoms with E-state index in [1.165, 1.54) is 45.8 Å². The summed E-state index contributed by atoms with van der Waals surface area (Å²) in [5.41, 5.74) is 8.10. The van der Waals surface area contributed by atoms with Gasteiger partial charge in [-0.1, -0.05) is 24.3 Å². The summed E-state index contributed by atoms with van der Waals surface area (Å²) in [6.45, 7) is 9.65. The maximum absolute atomic E-state index is 11.6. The van der Waals surface area contributed by atoms with Crippen molar-refractivity contribution in [3.05, 3.63) is 87.4 Å². The summed E-state index contributed by atoms with van der Waals surface area (Å²) in [6.07, 6.45) is 6.40. The zero-order chi connectivity index (χ0) is 29.9. The number of methoxy groups -OCH3 is 1. The van der Waals surface area contributed by atoms with Gasteiger partial charge in [0, 0.05) is 25.2 Å². The Hall–Kier alpha value is -3.99. The third-order valence-corrected chi connectivity index (χ3v) is 8.47. The monoisotopic (exact) mass is 586 g/mol. The molecule has 0 saturated carbocycles. The van der Waals surface area contributed by atoms with Crippen molar-refractivity contribution in [2.45, 2.75) is 52.4 Å². The lowest BCUT2D eigenvalue weighted by Crippen LogP contribution is -2.42. The summed E-state index contributed by atoms with van der Waals surface area (Å²) in [4.78, 5) is 18.9. The first-order valence-corrected chi connectivity index (χ1v) is 14.8. The molecule has 2 aliphatic heterocycles. The highest BCUT2D eigenvalue weighted by atomic mass is 16.6. The number of rotatable bonds is 9. The molecule has 1 aromatic carbocycles. The van der Waals surface area contributed by atoms with Crippen molar-refractivity contribution < 1.29 is 28.8 Å². The van der Waals surface area contributed by atoms with E-state index in [1.807, 2.05) is 12.1 Å². The normalized spacial score (nSPS) is 19.1. The highest BCUT2D eigenvalue weighted by Gasteiger charge is 2.25. The van der Waals surface area contributed by atoms with Gasteiger partial charge in [-0.25, -0.2) is 9.78 Å². The summed E-state index contributed by atoms with van der Waals surface area (Å²) < 4.78 is 24.8. The average molecular weight is 587 g/mol. The van der Waals surface area contributed by atoms with Crippen LogP contribution in [0.2, 0.25) is 0 Å². The van der Waals surface area contributed by atoms with E-state index in [9.17, 15) is 9.90 Å². The van der Waals surface area contributed by atoms with E-state index in [-0.39, 0.29) is 17.5 Å². The van der Waals surface area contributed by atoms with Crippen LogP contribution in [-0.2, 0) is 33.8 Å². The second kappa shape index (κ2) is 12.7. The quantitative estimate of drug-likeness (QED) is 0.381. The lowest BCUT2D eigenvalue weighted by atomic mass is 9.91. The number of ether oxygens (including phenoxy) is 4. The summed E-state index contributed by atoms with van der Waals surface area (Å²) in [5.74, 6) is 0.322. The van der Waals surface area contributed by atoms with Crippen LogP contribution in [0.25, 0.3) is 11.4 Å². The molecule has 10 nitrogen and oxygen atoms in total. The van der Waals surface area contributed by atoms with Crippen LogP contribution in [0.15, 0.2) is 53.9 Å². The molecular weight excluding hydrogens is 548 g/mol. The number of carboxylic acids is 1. The van der Waals surface area contributed by atoms with Gasteiger partial charge in [-0.2, -0.15) is 9.78 Å². The maximum Gasteiger partial charge on any atom is 0.342 e. The molecule has 1 saturated heterocycles. The van der Waals surface area contributed by atoms with Gasteiger partial charge >= 0.3 is 5.97 Å². The first-order chi connectivity index (χ1) is 20.9. The van der Waals surface area contributed by atoms with Crippen molar-refractivity contribution in [3.8, 4) is 11.7 Å². The van der Waals surface area contributed by atoms with Crippen LogP contribution in [0.5, 0.6) is 5.88 Å². The van der Waals surface area contributed by atoms with Crippen LogP contribution < -0.4 is 4.74 Å². The fraction of sp³-hybridized carbons (Fsp3) is 0.424. The molecule has 0 unspecified atom stereocenters. The number of aromatic carboxylic acids is 1. The van der Waals surface area contributed by atoms with Crippen LogP contribution >= 0.6 is 0 Å². The molecule has 10 heteroatoms. The molecule has 3 aliphatic rings. The number of aromatic nitrogens is 3. The first-order valence-electron chi connectivity index (χ1n) is 14.8. The van der Waals surface area contributed by atoms with Gasteiger partial charge in [0.25, 0.3) is 0 Å². The van der Waals surface area contributed by atoms with Gasteiger partial charge < -0.3 is 24.1 Å². The van der Waals surface area contributed by atoms with Crippen molar-refractivity contribution in [3.63, 3.8) is 0 Å². The summed E-state index contributed by atoms with van der Waals surface area (Å²) >= 11 is 0. The molecular formula is C33H38N4O6. The fourth-order valence-electron chi connectivity index (χ4n) is 6.17. The molecule has 3 aromatic rings. The number of benzene rings is 1. The zero-order valence-electron chi connectivity index (χ0n) is 25.0. The van der Waals surface area contributed by atoms with E-state index in [0.29, 0.717) is 32.2 Å². The number of hydrogen-bond donors (Lipinski definition) is 1. The minimum atomic E-state index is -1.11. The largest absolute Gasteiger partial charge is 0.488 e. The minimum Gasteiger partial charge on any atom is -0.488 e. The molecule has 0 amide bonds. The molecule has 4 heterocycles. The van der Waals surface area contributed by atoms with Crippen molar-refractivity contribution in [1.29, 1.82) is 0 Å². The Bertz CT molecular complexity index is 1570. The number of hydrogen-bond acceptors (Lipinski definition) is 8. The summed E-state index contributed by atoms with van der Waals surface area (Å²) in [7, 11) is 1.42. The number of nitrogens with zero attached hydrogens (tertiary/aromatic N) is 4.